The molecular weight excluding hydrogens is 809 g/mol. The first-order chi connectivity index (χ1) is 32.8. The van der Waals surface area contributed by atoms with Crippen LogP contribution in [0.1, 0.15) is 44.5 Å². The fourth-order valence-corrected chi connectivity index (χ4v) is 12.0. The number of hydrogen-bond acceptors (Lipinski definition) is 2. The first kappa shape index (κ1) is 39.2. The van der Waals surface area contributed by atoms with Gasteiger partial charge in [-0.25, -0.2) is 0 Å². The van der Waals surface area contributed by atoms with Gasteiger partial charge in [0.15, 0.2) is 0 Å². The second-order valence-electron chi connectivity index (χ2n) is 18.9. The molecule has 13 rings (SSSR count). The lowest BCUT2D eigenvalue weighted by Gasteiger charge is -2.32. The van der Waals surface area contributed by atoms with Crippen molar-refractivity contribution in [1.82, 2.24) is 0 Å². The number of para-hydroxylation sites is 2. The maximum absolute atomic E-state index is 2.54. The minimum absolute atomic E-state index is 0.564. The summed E-state index contributed by atoms with van der Waals surface area (Å²) >= 11 is 0. The molecule has 2 aliphatic carbocycles. The van der Waals surface area contributed by atoms with Gasteiger partial charge >= 0.3 is 0 Å². The second-order valence-corrected chi connectivity index (χ2v) is 18.9. The first-order valence-corrected chi connectivity index (χ1v) is 23.5. The van der Waals surface area contributed by atoms with Crippen LogP contribution in [-0.2, 0) is 5.41 Å². The Labute approximate surface area is 392 Å². The van der Waals surface area contributed by atoms with Gasteiger partial charge in [0.05, 0.1) is 5.41 Å². The Hall–Kier alpha value is -8.20. The van der Waals surface area contributed by atoms with Gasteiger partial charge in [-0.05, 0) is 212 Å². The van der Waals surface area contributed by atoms with Crippen LogP contribution in [-0.4, -0.2) is 0 Å². The molecule has 2 nitrogen and oxygen atoms in total. The molecule has 1 atom stereocenters. The van der Waals surface area contributed by atoms with Gasteiger partial charge < -0.3 is 9.80 Å². The van der Waals surface area contributed by atoms with E-state index in [0.29, 0.717) is 0 Å². The third-order valence-electron chi connectivity index (χ3n) is 14.4. The maximum atomic E-state index is 2.54. The molecule has 0 N–H and O–H groups in total. The molecule has 0 saturated heterocycles. The second kappa shape index (κ2) is 14.9. The molecule has 318 valence electrons. The average molecular weight is 857 g/mol. The highest BCUT2D eigenvalue weighted by Crippen LogP contribution is 2.65. The van der Waals surface area contributed by atoms with Crippen molar-refractivity contribution in [1.29, 1.82) is 0 Å². The Morgan fingerprint density at radius 2 is 0.836 bits per heavy atom. The van der Waals surface area contributed by atoms with Crippen LogP contribution < -0.4 is 9.80 Å². The zero-order valence-corrected chi connectivity index (χ0v) is 38.2. The Morgan fingerprint density at radius 1 is 0.284 bits per heavy atom. The SMILES string of the molecule is Cc1cc(C)cc(N(c2ccccc2)c2ccc3cc4c(cc3c2)C2(c3ccccc3-c3c2ccc2ccccc32)c2c-4ccc3cc(N(c4ccccc4)c4cc(C)cc(C)c4)ccc23)c1. The average Bonchev–Trinajstić information content (AvgIpc) is 3.80. The van der Waals surface area contributed by atoms with Crippen molar-refractivity contribution in [3.63, 3.8) is 0 Å². The Bertz CT molecular complexity index is 3770. The van der Waals surface area contributed by atoms with E-state index in [1.54, 1.807) is 0 Å². The van der Waals surface area contributed by atoms with Crippen molar-refractivity contribution in [2.75, 3.05) is 9.80 Å². The standard InChI is InChI=1S/C65H48N2/c1-41-31-42(2)34-53(33-41)66(49-16-7-5-8-17-49)51-26-23-46-39-59-57-28-24-47-37-52(67(50-18-9-6-10-19-50)54-35-43(3)32-44(4)36-54)27-29-56(47)64(57)65(62(59)40-48(46)38-51)60-22-14-13-21-58(60)63-55-20-12-11-15-45(55)25-30-61(63)65/h5-40H,1-4H3. The van der Waals surface area contributed by atoms with E-state index < -0.39 is 5.41 Å². The van der Waals surface area contributed by atoms with E-state index in [9.17, 15) is 0 Å². The van der Waals surface area contributed by atoms with Crippen LogP contribution in [0.25, 0.3) is 54.6 Å². The molecule has 0 radical (unpaired) electrons. The number of hydrogen-bond donors (Lipinski definition) is 0. The molecule has 1 spiro atoms. The molecule has 0 aliphatic heterocycles. The highest BCUT2D eigenvalue weighted by atomic mass is 15.1. The van der Waals surface area contributed by atoms with E-state index in [1.807, 2.05) is 0 Å². The minimum Gasteiger partial charge on any atom is -0.310 e. The molecule has 0 amide bonds. The van der Waals surface area contributed by atoms with E-state index in [1.165, 1.54) is 99.1 Å². The van der Waals surface area contributed by atoms with Crippen molar-refractivity contribution < 1.29 is 0 Å². The van der Waals surface area contributed by atoms with Crippen LogP contribution in [0.5, 0.6) is 0 Å². The van der Waals surface area contributed by atoms with Crippen LogP contribution in [0.3, 0.4) is 0 Å². The Morgan fingerprint density at radius 3 is 1.51 bits per heavy atom. The van der Waals surface area contributed by atoms with Crippen LogP contribution in [0, 0.1) is 27.7 Å². The van der Waals surface area contributed by atoms with E-state index in [-0.39, 0.29) is 0 Å². The zero-order valence-electron chi connectivity index (χ0n) is 38.2. The Kier molecular flexibility index (Phi) is 8.73. The monoisotopic (exact) mass is 856 g/mol. The summed E-state index contributed by atoms with van der Waals surface area (Å²) in [6.45, 7) is 8.76. The van der Waals surface area contributed by atoms with Crippen molar-refractivity contribution in [2.24, 2.45) is 0 Å². The van der Waals surface area contributed by atoms with Gasteiger partial charge in [-0.1, -0.05) is 133 Å². The maximum Gasteiger partial charge on any atom is 0.0731 e. The van der Waals surface area contributed by atoms with Gasteiger partial charge in [0.25, 0.3) is 0 Å². The number of aryl methyl sites for hydroxylation is 4. The van der Waals surface area contributed by atoms with E-state index >= 15 is 0 Å². The summed E-state index contributed by atoms with van der Waals surface area (Å²) in [6, 6.07) is 82.2. The molecular formula is C65H48N2. The number of fused-ring (bicyclic) bond motifs is 15. The van der Waals surface area contributed by atoms with Gasteiger partial charge in [0.1, 0.15) is 0 Å². The van der Waals surface area contributed by atoms with E-state index in [2.05, 4.69) is 256 Å². The number of benzene rings is 11. The first-order valence-electron chi connectivity index (χ1n) is 23.5. The van der Waals surface area contributed by atoms with Crippen molar-refractivity contribution in [2.45, 2.75) is 33.1 Å². The molecule has 11 aromatic carbocycles. The largest absolute Gasteiger partial charge is 0.310 e. The van der Waals surface area contributed by atoms with Gasteiger partial charge in [0, 0.05) is 34.1 Å². The molecule has 11 aromatic rings. The molecule has 2 heteroatoms. The molecule has 67 heavy (non-hydrogen) atoms. The fourth-order valence-electron chi connectivity index (χ4n) is 12.0. The predicted octanol–water partition coefficient (Wildman–Crippen LogP) is 17.7. The minimum atomic E-state index is -0.564. The molecule has 1 unspecified atom stereocenters. The number of rotatable bonds is 6. The lowest BCUT2D eigenvalue weighted by molar-refractivity contribution is 0.803. The van der Waals surface area contributed by atoms with Crippen LogP contribution in [0.15, 0.2) is 218 Å². The summed E-state index contributed by atoms with van der Waals surface area (Å²) in [5.74, 6) is 0. The topological polar surface area (TPSA) is 6.48 Å². The normalized spacial score (nSPS) is 14.3. The fraction of sp³-hybridized carbons (Fsp3) is 0.0769. The van der Waals surface area contributed by atoms with Gasteiger partial charge in [0.2, 0.25) is 0 Å². The molecule has 2 aliphatic rings. The van der Waals surface area contributed by atoms with E-state index in [0.717, 1.165) is 34.1 Å². The van der Waals surface area contributed by atoms with Crippen LogP contribution in [0.4, 0.5) is 34.1 Å². The molecule has 0 saturated carbocycles. The third-order valence-corrected chi connectivity index (χ3v) is 14.4. The van der Waals surface area contributed by atoms with Crippen molar-refractivity contribution in [3.05, 3.63) is 263 Å². The summed E-state index contributed by atoms with van der Waals surface area (Å²) in [7, 11) is 0. The summed E-state index contributed by atoms with van der Waals surface area (Å²) in [5, 5.41) is 7.50. The molecule has 0 aromatic heterocycles. The Balaban J connectivity index is 1.09. The molecule has 0 bridgehead atoms. The predicted molar refractivity (Wildman–Crippen MR) is 284 cm³/mol. The zero-order chi connectivity index (χ0) is 45.0. The highest BCUT2D eigenvalue weighted by molar-refractivity contribution is 6.11. The number of anilines is 6. The summed E-state index contributed by atoms with van der Waals surface area (Å²) in [4.78, 5) is 4.82. The number of nitrogens with zero attached hydrogens (tertiary/aromatic N) is 2. The molecule has 0 fully saturated rings. The van der Waals surface area contributed by atoms with Gasteiger partial charge in [-0.3, -0.25) is 0 Å². The van der Waals surface area contributed by atoms with Crippen LogP contribution >= 0.6 is 0 Å². The quantitative estimate of drug-likeness (QED) is 0.164. The summed E-state index contributed by atoms with van der Waals surface area (Å²) in [6.07, 6.45) is 0. The van der Waals surface area contributed by atoms with Gasteiger partial charge in [-0.15, -0.1) is 0 Å². The lowest BCUT2D eigenvalue weighted by Crippen LogP contribution is -2.26. The summed E-state index contributed by atoms with van der Waals surface area (Å²) in [5.41, 5.74) is 21.9. The van der Waals surface area contributed by atoms with E-state index in [4.69, 9.17) is 0 Å². The molecule has 0 heterocycles. The summed E-state index contributed by atoms with van der Waals surface area (Å²) < 4.78 is 0. The van der Waals surface area contributed by atoms with Crippen molar-refractivity contribution in [3.8, 4) is 22.3 Å². The third kappa shape index (κ3) is 5.96. The van der Waals surface area contributed by atoms with Crippen LogP contribution in [0.2, 0.25) is 0 Å². The smallest absolute Gasteiger partial charge is 0.0731 e. The lowest BCUT2D eigenvalue weighted by atomic mass is 9.69. The highest BCUT2D eigenvalue weighted by Gasteiger charge is 2.53. The van der Waals surface area contributed by atoms with Gasteiger partial charge in [-0.2, -0.15) is 0 Å². The van der Waals surface area contributed by atoms with Crippen molar-refractivity contribution >= 4 is 66.4 Å².